The molecule has 0 saturated carbocycles. The Labute approximate surface area is 104 Å². The van der Waals surface area contributed by atoms with E-state index in [9.17, 15) is 18.0 Å². The maximum absolute atomic E-state index is 11.8. The van der Waals surface area contributed by atoms with Crippen molar-refractivity contribution in [2.75, 3.05) is 26.3 Å². The van der Waals surface area contributed by atoms with Crippen LogP contribution in [0.1, 0.15) is 25.7 Å². The van der Waals surface area contributed by atoms with Crippen molar-refractivity contribution in [1.82, 2.24) is 10.6 Å². The monoisotopic (exact) mass is 268 g/mol. The van der Waals surface area contributed by atoms with Gasteiger partial charge in [0, 0.05) is 25.7 Å². The van der Waals surface area contributed by atoms with Crippen LogP contribution < -0.4 is 10.6 Å². The molecule has 2 N–H and O–H groups in total. The first-order valence-corrected chi connectivity index (χ1v) is 6.12. The first-order valence-electron chi connectivity index (χ1n) is 6.12. The van der Waals surface area contributed by atoms with Crippen LogP contribution in [0.25, 0.3) is 0 Å². The summed E-state index contributed by atoms with van der Waals surface area (Å²) in [5, 5.41) is 5.53. The Balaban J connectivity index is 1.99. The van der Waals surface area contributed by atoms with Crippen LogP contribution in [0, 0.1) is 0 Å². The van der Waals surface area contributed by atoms with E-state index in [4.69, 9.17) is 4.74 Å². The second kappa shape index (κ2) is 7.58. The zero-order chi connectivity index (χ0) is 13.4. The Morgan fingerprint density at radius 2 is 1.94 bits per heavy atom. The molecule has 18 heavy (non-hydrogen) atoms. The molecule has 1 amide bonds. The van der Waals surface area contributed by atoms with Gasteiger partial charge in [-0.05, 0) is 25.8 Å². The topological polar surface area (TPSA) is 50.4 Å². The summed E-state index contributed by atoms with van der Waals surface area (Å²) in [6, 6.07) is 0.128. The molecule has 0 aromatic heterocycles. The number of rotatable bonds is 6. The van der Waals surface area contributed by atoms with Gasteiger partial charge in [-0.2, -0.15) is 13.2 Å². The molecule has 0 bridgehead atoms. The number of hydrogen-bond acceptors (Lipinski definition) is 3. The number of ether oxygens (including phenoxy) is 1. The number of hydrogen-bond donors (Lipinski definition) is 2. The van der Waals surface area contributed by atoms with E-state index in [0.29, 0.717) is 13.2 Å². The van der Waals surface area contributed by atoms with E-state index < -0.39 is 12.6 Å². The van der Waals surface area contributed by atoms with Crippen molar-refractivity contribution in [1.29, 1.82) is 0 Å². The molecule has 0 atom stereocenters. The molecular weight excluding hydrogens is 249 g/mol. The van der Waals surface area contributed by atoms with Crippen molar-refractivity contribution < 1.29 is 22.7 Å². The van der Waals surface area contributed by atoms with E-state index in [1.165, 1.54) is 0 Å². The largest absolute Gasteiger partial charge is 0.389 e. The molecule has 1 aliphatic rings. The van der Waals surface area contributed by atoms with Crippen molar-refractivity contribution in [3.8, 4) is 0 Å². The molecule has 1 saturated heterocycles. The van der Waals surface area contributed by atoms with Gasteiger partial charge >= 0.3 is 6.18 Å². The zero-order valence-corrected chi connectivity index (χ0v) is 10.2. The van der Waals surface area contributed by atoms with Gasteiger partial charge in [0.1, 0.15) is 0 Å². The van der Waals surface area contributed by atoms with Gasteiger partial charge in [-0.25, -0.2) is 0 Å². The van der Waals surface area contributed by atoms with Crippen molar-refractivity contribution in [2.45, 2.75) is 37.9 Å². The smallest absolute Gasteiger partial charge is 0.381 e. The normalized spacial score (nSPS) is 17.7. The molecule has 0 radical (unpaired) electrons. The van der Waals surface area contributed by atoms with Crippen LogP contribution in [0.5, 0.6) is 0 Å². The van der Waals surface area contributed by atoms with Gasteiger partial charge in [-0.3, -0.25) is 4.79 Å². The summed E-state index contributed by atoms with van der Waals surface area (Å²) in [5.74, 6) is -0.172. The highest BCUT2D eigenvalue weighted by atomic mass is 19.4. The highest BCUT2D eigenvalue weighted by Gasteiger charge is 2.25. The fourth-order valence-corrected chi connectivity index (χ4v) is 1.74. The summed E-state index contributed by atoms with van der Waals surface area (Å²) >= 11 is 0. The molecule has 1 aliphatic heterocycles. The fourth-order valence-electron chi connectivity index (χ4n) is 1.74. The maximum atomic E-state index is 11.8. The third kappa shape index (κ3) is 7.50. The van der Waals surface area contributed by atoms with E-state index in [1.807, 2.05) is 0 Å². The lowest BCUT2D eigenvalue weighted by molar-refractivity contribution is -0.135. The van der Waals surface area contributed by atoms with E-state index in [2.05, 4.69) is 10.6 Å². The highest BCUT2D eigenvalue weighted by Crippen LogP contribution is 2.20. The second-order valence-corrected chi connectivity index (χ2v) is 4.35. The molecule has 0 aromatic rings. The average molecular weight is 268 g/mol. The number of alkyl halides is 3. The van der Waals surface area contributed by atoms with Gasteiger partial charge in [0.15, 0.2) is 0 Å². The van der Waals surface area contributed by atoms with E-state index in [1.54, 1.807) is 0 Å². The minimum absolute atomic E-state index is 0.00590. The number of nitrogens with one attached hydrogen (secondary N) is 2. The summed E-state index contributed by atoms with van der Waals surface area (Å²) in [7, 11) is 0. The molecule has 0 aromatic carbocycles. The van der Waals surface area contributed by atoms with Crippen molar-refractivity contribution in [2.24, 2.45) is 0 Å². The zero-order valence-electron chi connectivity index (χ0n) is 10.2. The van der Waals surface area contributed by atoms with Crippen LogP contribution >= 0.6 is 0 Å². The van der Waals surface area contributed by atoms with Crippen molar-refractivity contribution in [3.63, 3.8) is 0 Å². The summed E-state index contributed by atoms with van der Waals surface area (Å²) in [5.41, 5.74) is 0. The summed E-state index contributed by atoms with van der Waals surface area (Å²) in [4.78, 5) is 11.4. The van der Waals surface area contributed by atoms with Gasteiger partial charge in [0.25, 0.3) is 0 Å². The van der Waals surface area contributed by atoms with Gasteiger partial charge in [0.05, 0.1) is 6.54 Å². The van der Waals surface area contributed by atoms with Crippen LogP contribution in [0.2, 0.25) is 0 Å². The third-order valence-corrected chi connectivity index (χ3v) is 2.69. The maximum Gasteiger partial charge on any atom is 0.389 e. The molecule has 1 heterocycles. The SMILES string of the molecule is O=C(CNCCCC(F)(F)F)NC1CCOCC1. The van der Waals surface area contributed by atoms with Crippen molar-refractivity contribution >= 4 is 5.91 Å². The Hall–Kier alpha value is -0.820. The lowest BCUT2D eigenvalue weighted by Crippen LogP contribution is -2.43. The molecule has 0 spiro atoms. The standard InChI is InChI=1S/C11H19F3N2O2/c12-11(13,14)4-1-5-15-8-10(17)16-9-2-6-18-7-3-9/h9,15H,1-8H2,(H,16,17). The number of amides is 1. The molecule has 1 rings (SSSR count). The van der Waals surface area contributed by atoms with Gasteiger partial charge in [-0.1, -0.05) is 0 Å². The average Bonchev–Trinajstić information content (AvgIpc) is 2.28. The summed E-state index contributed by atoms with van der Waals surface area (Å²) < 4.78 is 40.6. The Bertz CT molecular complexity index is 253. The molecule has 0 aliphatic carbocycles. The first kappa shape index (κ1) is 15.2. The van der Waals surface area contributed by atoms with E-state index >= 15 is 0 Å². The molecule has 0 unspecified atom stereocenters. The van der Waals surface area contributed by atoms with Crippen LogP contribution in [0.3, 0.4) is 0 Å². The third-order valence-electron chi connectivity index (χ3n) is 2.69. The minimum Gasteiger partial charge on any atom is -0.381 e. The van der Waals surface area contributed by atoms with Gasteiger partial charge in [-0.15, -0.1) is 0 Å². The Morgan fingerprint density at radius 3 is 2.56 bits per heavy atom. The molecule has 4 nitrogen and oxygen atoms in total. The number of halogens is 3. The summed E-state index contributed by atoms with van der Waals surface area (Å²) in [6.07, 6.45) is -3.36. The Kier molecular flexibility index (Phi) is 6.42. The van der Waals surface area contributed by atoms with Gasteiger partial charge < -0.3 is 15.4 Å². The summed E-state index contributed by atoms with van der Waals surface area (Å²) in [6.45, 7) is 1.55. The highest BCUT2D eigenvalue weighted by molar-refractivity contribution is 5.78. The van der Waals surface area contributed by atoms with Crippen LogP contribution in [-0.4, -0.2) is 44.4 Å². The number of carbonyl (C=O) groups excluding carboxylic acids is 1. The van der Waals surface area contributed by atoms with E-state index in [0.717, 1.165) is 12.8 Å². The fraction of sp³-hybridized carbons (Fsp3) is 0.909. The lowest BCUT2D eigenvalue weighted by atomic mass is 10.1. The van der Waals surface area contributed by atoms with Crippen molar-refractivity contribution in [3.05, 3.63) is 0 Å². The van der Waals surface area contributed by atoms with E-state index in [-0.39, 0.29) is 31.5 Å². The lowest BCUT2D eigenvalue weighted by Gasteiger charge is -2.23. The quantitative estimate of drug-likeness (QED) is 0.712. The predicted octanol–water partition coefficient (Wildman–Crippen LogP) is 1.21. The second-order valence-electron chi connectivity index (χ2n) is 4.35. The van der Waals surface area contributed by atoms with Crippen LogP contribution in [0.15, 0.2) is 0 Å². The number of carbonyl (C=O) groups is 1. The van der Waals surface area contributed by atoms with Crippen LogP contribution in [-0.2, 0) is 9.53 Å². The molecule has 1 fully saturated rings. The minimum atomic E-state index is -4.12. The molecule has 7 heteroatoms. The first-order chi connectivity index (χ1) is 8.47. The molecular formula is C11H19F3N2O2. The molecule has 106 valence electrons. The van der Waals surface area contributed by atoms with Gasteiger partial charge in [0.2, 0.25) is 5.91 Å². The predicted molar refractivity (Wildman–Crippen MR) is 60.1 cm³/mol. The Morgan fingerprint density at radius 1 is 1.28 bits per heavy atom. The van der Waals surface area contributed by atoms with Crippen LogP contribution in [0.4, 0.5) is 13.2 Å².